The van der Waals surface area contributed by atoms with Gasteiger partial charge in [0.05, 0.1) is 11.5 Å². The van der Waals surface area contributed by atoms with Gasteiger partial charge in [-0.15, -0.1) is 0 Å². The fraction of sp³-hybridized carbons (Fsp3) is 0.385. The van der Waals surface area contributed by atoms with Gasteiger partial charge in [0.2, 0.25) is 10.0 Å². The summed E-state index contributed by atoms with van der Waals surface area (Å²) in [6.07, 6.45) is 2.51. The standard InChI is InChI=1S/C13H15BrFNO3S/c1-19-9-10-4-6-16(7-5-10)20(17,18)13-3-2-11(15)8-12(13)14/h2-4,8H,5-7,9H2,1H3. The maximum Gasteiger partial charge on any atom is 0.244 e. The molecule has 4 nitrogen and oxygen atoms in total. The Bertz CT molecular complexity index is 631. The van der Waals surface area contributed by atoms with E-state index in [1.54, 1.807) is 7.11 Å². The molecule has 0 bridgehead atoms. The van der Waals surface area contributed by atoms with Crippen LogP contribution in [0.4, 0.5) is 4.39 Å². The summed E-state index contributed by atoms with van der Waals surface area (Å²) in [5.74, 6) is -0.475. The zero-order valence-electron chi connectivity index (χ0n) is 11.0. The topological polar surface area (TPSA) is 46.6 Å². The number of hydrogen-bond acceptors (Lipinski definition) is 3. The number of benzene rings is 1. The summed E-state index contributed by atoms with van der Waals surface area (Å²) in [4.78, 5) is 0.0856. The van der Waals surface area contributed by atoms with E-state index in [4.69, 9.17) is 4.74 Å². The van der Waals surface area contributed by atoms with Gasteiger partial charge < -0.3 is 4.74 Å². The lowest BCUT2D eigenvalue weighted by molar-refractivity contribution is 0.219. The summed E-state index contributed by atoms with van der Waals surface area (Å²) in [6.45, 7) is 1.24. The first-order valence-electron chi connectivity index (χ1n) is 6.07. The van der Waals surface area contributed by atoms with Crippen molar-refractivity contribution >= 4 is 26.0 Å². The van der Waals surface area contributed by atoms with E-state index < -0.39 is 15.8 Å². The van der Waals surface area contributed by atoms with Crippen LogP contribution in [0, 0.1) is 5.82 Å². The van der Waals surface area contributed by atoms with Gasteiger partial charge in [0.1, 0.15) is 5.82 Å². The number of rotatable bonds is 4. The average molecular weight is 364 g/mol. The molecular weight excluding hydrogens is 349 g/mol. The van der Waals surface area contributed by atoms with Crippen LogP contribution < -0.4 is 0 Å². The summed E-state index contributed by atoms with van der Waals surface area (Å²) < 4.78 is 44.7. The number of sulfonamides is 1. The fourth-order valence-corrected chi connectivity index (χ4v) is 4.44. The molecule has 1 heterocycles. The van der Waals surface area contributed by atoms with Crippen molar-refractivity contribution in [3.63, 3.8) is 0 Å². The molecule has 1 aromatic rings. The van der Waals surface area contributed by atoms with Gasteiger partial charge in [-0.3, -0.25) is 0 Å². The summed E-state index contributed by atoms with van der Waals surface area (Å²) in [5.41, 5.74) is 1.09. The lowest BCUT2D eigenvalue weighted by atomic mass is 10.1. The molecule has 0 unspecified atom stereocenters. The first kappa shape index (κ1) is 15.6. The van der Waals surface area contributed by atoms with Crippen molar-refractivity contribution in [2.45, 2.75) is 11.3 Å². The third-order valence-electron chi connectivity index (χ3n) is 3.11. The highest BCUT2D eigenvalue weighted by Crippen LogP contribution is 2.27. The Balaban J connectivity index is 2.24. The zero-order valence-corrected chi connectivity index (χ0v) is 13.4. The molecule has 0 aliphatic carbocycles. The minimum Gasteiger partial charge on any atom is -0.380 e. The third kappa shape index (κ3) is 3.28. The third-order valence-corrected chi connectivity index (χ3v) is 5.95. The number of nitrogens with zero attached hydrogens (tertiary/aromatic N) is 1. The molecular formula is C13H15BrFNO3S. The van der Waals surface area contributed by atoms with Crippen molar-refractivity contribution in [3.05, 3.63) is 40.1 Å². The minimum atomic E-state index is -3.61. The van der Waals surface area contributed by atoms with Crippen LogP contribution in [0.15, 0.2) is 39.2 Å². The molecule has 0 radical (unpaired) electrons. The quantitative estimate of drug-likeness (QED) is 0.772. The molecule has 0 saturated carbocycles. The average Bonchev–Trinajstić information content (AvgIpc) is 2.39. The minimum absolute atomic E-state index is 0.0856. The van der Waals surface area contributed by atoms with Gasteiger partial charge in [-0.05, 0) is 46.1 Å². The normalized spacial score (nSPS) is 17.1. The molecule has 1 aromatic carbocycles. The van der Waals surface area contributed by atoms with E-state index in [1.165, 1.54) is 10.4 Å². The lowest BCUT2D eigenvalue weighted by Crippen LogP contribution is -2.35. The van der Waals surface area contributed by atoms with Crippen LogP contribution in [-0.4, -0.2) is 39.5 Å². The zero-order chi connectivity index (χ0) is 14.8. The van der Waals surface area contributed by atoms with Crippen LogP contribution in [-0.2, 0) is 14.8 Å². The Hall–Kier alpha value is -0.760. The highest BCUT2D eigenvalue weighted by molar-refractivity contribution is 9.10. The van der Waals surface area contributed by atoms with Gasteiger partial charge in [-0.2, -0.15) is 4.31 Å². The number of methoxy groups -OCH3 is 1. The van der Waals surface area contributed by atoms with Crippen molar-refractivity contribution in [1.82, 2.24) is 4.31 Å². The molecule has 1 aliphatic rings. The van der Waals surface area contributed by atoms with Crippen LogP contribution >= 0.6 is 15.9 Å². The van der Waals surface area contributed by atoms with Gasteiger partial charge >= 0.3 is 0 Å². The molecule has 2 rings (SSSR count). The Labute approximate surface area is 126 Å². The summed E-state index contributed by atoms with van der Waals surface area (Å²) in [5, 5.41) is 0. The SMILES string of the molecule is COCC1=CCN(S(=O)(=O)c2ccc(F)cc2Br)CC1. The van der Waals surface area contributed by atoms with Crippen molar-refractivity contribution in [3.8, 4) is 0 Å². The Morgan fingerprint density at radius 3 is 2.75 bits per heavy atom. The van der Waals surface area contributed by atoms with E-state index in [1.807, 2.05) is 6.08 Å². The summed E-state index contributed by atoms with van der Waals surface area (Å²) >= 11 is 3.11. The Kier molecular flexibility index (Phi) is 4.95. The number of hydrogen-bond donors (Lipinski definition) is 0. The second-order valence-electron chi connectivity index (χ2n) is 4.48. The largest absolute Gasteiger partial charge is 0.380 e. The first-order chi connectivity index (χ1) is 9.45. The maximum atomic E-state index is 13.1. The molecule has 7 heteroatoms. The molecule has 20 heavy (non-hydrogen) atoms. The number of halogens is 2. The Morgan fingerprint density at radius 1 is 1.45 bits per heavy atom. The molecule has 0 saturated heterocycles. The second-order valence-corrected chi connectivity index (χ2v) is 7.24. The predicted molar refractivity (Wildman–Crippen MR) is 77.4 cm³/mol. The highest BCUT2D eigenvalue weighted by atomic mass is 79.9. The van der Waals surface area contributed by atoms with Crippen LogP contribution in [0.1, 0.15) is 6.42 Å². The van der Waals surface area contributed by atoms with E-state index >= 15 is 0 Å². The van der Waals surface area contributed by atoms with E-state index in [0.717, 1.165) is 17.7 Å². The second kappa shape index (κ2) is 6.34. The molecule has 110 valence electrons. The van der Waals surface area contributed by atoms with E-state index in [2.05, 4.69) is 15.9 Å². The van der Waals surface area contributed by atoms with Crippen molar-refractivity contribution in [2.75, 3.05) is 26.8 Å². The lowest BCUT2D eigenvalue weighted by Gasteiger charge is -2.26. The van der Waals surface area contributed by atoms with Gasteiger partial charge in [-0.1, -0.05) is 6.08 Å². The Morgan fingerprint density at radius 2 is 2.20 bits per heavy atom. The smallest absolute Gasteiger partial charge is 0.244 e. The first-order valence-corrected chi connectivity index (χ1v) is 8.30. The molecule has 0 fully saturated rings. The summed E-state index contributed by atoms with van der Waals surface area (Å²) in [7, 11) is -2.00. The van der Waals surface area contributed by atoms with Crippen molar-refractivity contribution in [1.29, 1.82) is 0 Å². The van der Waals surface area contributed by atoms with E-state index in [0.29, 0.717) is 26.1 Å². The molecule has 0 spiro atoms. The fourth-order valence-electron chi connectivity index (χ4n) is 2.05. The molecule has 0 amide bonds. The molecule has 0 aromatic heterocycles. The van der Waals surface area contributed by atoms with E-state index in [-0.39, 0.29) is 9.37 Å². The maximum absolute atomic E-state index is 13.1. The summed E-state index contributed by atoms with van der Waals surface area (Å²) in [6, 6.07) is 3.58. The van der Waals surface area contributed by atoms with Crippen molar-refractivity contribution < 1.29 is 17.5 Å². The predicted octanol–water partition coefficient (Wildman–Crippen LogP) is 2.56. The van der Waals surface area contributed by atoms with Crippen molar-refractivity contribution in [2.24, 2.45) is 0 Å². The number of ether oxygens (including phenoxy) is 1. The van der Waals surface area contributed by atoms with Gasteiger partial charge in [-0.25, -0.2) is 12.8 Å². The monoisotopic (exact) mass is 363 g/mol. The van der Waals surface area contributed by atoms with E-state index in [9.17, 15) is 12.8 Å². The van der Waals surface area contributed by atoms with Gasteiger partial charge in [0, 0.05) is 24.7 Å². The van der Waals surface area contributed by atoms with Crippen LogP contribution in [0.3, 0.4) is 0 Å². The molecule has 0 N–H and O–H groups in total. The van der Waals surface area contributed by atoms with Gasteiger partial charge in [0.25, 0.3) is 0 Å². The molecule has 0 atom stereocenters. The van der Waals surface area contributed by atoms with Crippen LogP contribution in [0.25, 0.3) is 0 Å². The van der Waals surface area contributed by atoms with Crippen LogP contribution in [0.2, 0.25) is 0 Å². The highest BCUT2D eigenvalue weighted by Gasteiger charge is 2.27. The van der Waals surface area contributed by atoms with Crippen LogP contribution in [0.5, 0.6) is 0 Å². The van der Waals surface area contributed by atoms with Gasteiger partial charge in [0.15, 0.2) is 0 Å². The molecule has 1 aliphatic heterocycles.